The predicted octanol–water partition coefficient (Wildman–Crippen LogP) is 3.74. The maximum atomic E-state index is 9.05. The molecule has 0 bridgehead atoms. The number of rotatable bonds is 2. The minimum Gasteiger partial charge on any atom is -0.396 e. The van der Waals surface area contributed by atoms with Gasteiger partial charge in [-0.05, 0) is 42.7 Å². The Morgan fingerprint density at radius 2 is 2.00 bits per heavy atom. The van der Waals surface area contributed by atoms with E-state index in [1.165, 1.54) is 32.3 Å². The monoisotopic (exact) mass is 257 g/mol. The average Bonchev–Trinajstić information content (AvgIpc) is 2.37. The van der Waals surface area contributed by atoms with E-state index in [1.54, 1.807) is 11.8 Å². The van der Waals surface area contributed by atoms with Crippen molar-refractivity contribution in [3.05, 3.63) is 47.5 Å². The molecule has 2 aromatic rings. The van der Waals surface area contributed by atoms with E-state index in [1.807, 2.05) is 6.07 Å². The van der Waals surface area contributed by atoms with Gasteiger partial charge in [-0.2, -0.15) is 0 Å². The fraction of sp³-hybridized carbons (Fsp3) is 0.200. The van der Waals surface area contributed by atoms with E-state index in [0.29, 0.717) is 0 Å². The van der Waals surface area contributed by atoms with Crippen LogP contribution in [0.5, 0.6) is 0 Å². The molecule has 3 heteroatoms. The van der Waals surface area contributed by atoms with Crippen molar-refractivity contribution in [2.45, 2.75) is 23.1 Å². The quantitative estimate of drug-likeness (QED) is 0.733. The Balaban J connectivity index is 2.04. The molecule has 18 heavy (non-hydrogen) atoms. The molecule has 2 aromatic carbocycles. The van der Waals surface area contributed by atoms with Gasteiger partial charge in [-0.15, -0.1) is 0 Å². The highest BCUT2D eigenvalue weighted by Gasteiger charge is 2.17. The van der Waals surface area contributed by atoms with E-state index in [2.05, 4.69) is 42.6 Å². The number of aliphatic hydroxyl groups is 1. The summed E-state index contributed by atoms with van der Waals surface area (Å²) >= 11 is 1.79. The number of hydrogen-bond donors (Lipinski definition) is 2. The zero-order chi connectivity index (χ0) is 12.5. The molecule has 2 N–H and O–H groups in total. The molecule has 1 aliphatic rings. The van der Waals surface area contributed by atoms with Crippen LogP contribution in [0.4, 0.5) is 11.4 Å². The van der Waals surface area contributed by atoms with Gasteiger partial charge >= 0.3 is 0 Å². The molecule has 3 rings (SSSR count). The zero-order valence-electron chi connectivity index (χ0n) is 10.2. The van der Waals surface area contributed by atoms with Gasteiger partial charge in [0, 0.05) is 16.4 Å². The third-order valence-corrected chi connectivity index (χ3v) is 4.24. The van der Waals surface area contributed by atoms with Crippen molar-refractivity contribution in [2.24, 2.45) is 0 Å². The topological polar surface area (TPSA) is 32.3 Å². The summed E-state index contributed by atoms with van der Waals surface area (Å²) in [5, 5.41) is 12.5. The van der Waals surface area contributed by atoms with Crippen LogP contribution < -0.4 is 5.32 Å². The van der Waals surface area contributed by atoms with E-state index in [-0.39, 0.29) is 6.61 Å². The molecule has 0 fully saturated rings. The number of aliphatic hydroxyl groups excluding tert-OH is 1. The van der Waals surface area contributed by atoms with Gasteiger partial charge in [-0.1, -0.05) is 30.0 Å². The van der Waals surface area contributed by atoms with Crippen molar-refractivity contribution in [2.75, 3.05) is 11.9 Å². The highest BCUT2D eigenvalue weighted by atomic mass is 32.2. The van der Waals surface area contributed by atoms with Crippen LogP contribution in [0.3, 0.4) is 0 Å². The second-order valence-electron chi connectivity index (χ2n) is 4.48. The molecular weight excluding hydrogens is 242 g/mol. The molecule has 2 nitrogen and oxygen atoms in total. The number of fused-ring (bicyclic) bond motifs is 2. The summed E-state index contributed by atoms with van der Waals surface area (Å²) in [5.74, 6) is 0. The van der Waals surface area contributed by atoms with Crippen LogP contribution in [0, 0.1) is 6.92 Å². The standard InChI is InChI=1S/C15H15NOS/c1-10-8-11(6-7-17)9-14-15(10)16-12-4-2-3-5-13(12)18-14/h2-5,8-9,16-17H,6-7H2,1H3. The first-order valence-electron chi connectivity index (χ1n) is 6.06. The SMILES string of the molecule is Cc1cc(CCO)cc2c1Nc1ccccc1S2. The molecule has 0 radical (unpaired) electrons. The van der Waals surface area contributed by atoms with Crippen LogP contribution >= 0.6 is 11.8 Å². The molecule has 0 atom stereocenters. The average molecular weight is 257 g/mol. The first-order chi connectivity index (χ1) is 8.78. The molecule has 0 aliphatic carbocycles. The van der Waals surface area contributed by atoms with Crippen molar-refractivity contribution < 1.29 is 5.11 Å². The lowest BCUT2D eigenvalue weighted by Gasteiger charge is -2.23. The van der Waals surface area contributed by atoms with E-state index in [9.17, 15) is 0 Å². The normalized spacial score (nSPS) is 12.6. The Labute approximate surface area is 111 Å². The van der Waals surface area contributed by atoms with Gasteiger partial charge in [0.1, 0.15) is 0 Å². The number of anilines is 2. The fourth-order valence-corrected chi connectivity index (χ4v) is 3.39. The molecule has 1 heterocycles. The smallest absolute Gasteiger partial charge is 0.0556 e. The molecule has 0 amide bonds. The Hall–Kier alpha value is -1.45. The number of para-hydroxylation sites is 1. The van der Waals surface area contributed by atoms with Crippen LogP contribution in [0.15, 0.2) is 46.2 Å². The van der Waals surface area contributed by atoms with Gasteiger partial charge in [0.2, 0.25) is 0 Å². The Kier molecular flexibility index (Phi) is 3.02. The van der Waals surface area contributed by atoms with Crippen molar-refractivity contribution in [1.29, 1.82) is 0 Å². The summed E-state index contributed by atoms with van der Waals surface area (Å²) < 4.78 is 0. The lowest BCUT2D eigenvalue weighted by molar-refractivity contribution is 0.299. The van der Waals surface area contributed by atoms with Crippen molar-refractivity contribution in [1.82, 2.24) is 0 Å². The summed E-state index contributed by atoms with van der Waals surface area (Å²) in [6.45, 7) is 2.31. The molecule has 1 aliphatic heterocycles. The highest BCUT2D eigenvalue weighted by Crippen LogP contribution is 2.45. The van der Waals surface area contributed by atoms with Crippen LogP contribution in [0.2, 0.25) is 0 Å². The van der Waals surface area contributed by atoms with Gasteiger partial charge in [0.25, 0.3) is 0 Å². The number of hydrogen-bond acceptors (Lipinski definition) is 3. The van der Waals surface area contributed by atoms with Crippen LogP contribution in [0.1, 0.15) is 11.1 Å². The minimum absolute atomic E-state index is 0.201. The lowest BCUT2D eigenvalue weighted by atomic mass is 10.1. The largest absolute Gasteiger partial charge is 0.396 e. The third-order valence-electron chi connectivity index (χ3n) is 3.13. The molecule has 0 unspecified atom stereocenters. The van der Waals surface area contributed by atoms with Crippen LogP contribution in [-0.4, -0.2) is 11.7 Å². The zero-order valence-corrected chi connectivity index (χ0v) is 11.1. The van der Waals surface area contributed by atoms with Gasteiger partial charge in [0.15, 0.2) is 0 Å². The van der Waals surface area contributed by atoms with Crippen LogP contribution in [-0.2, 0) is 6.42 Å². The van der Waals surface area contributed by atoms with E-state index in [0.717, 1.165) is 6.42 Å². The Bertz CT molecular complexity index is 595. The minimum atomic E-state index is 0.201. The number of aryl methyl sites for hydroxylation is 1. The van der Waals surface area contributed by atoms with Gasteiger partial charge in [-0.25, -0.2) is 0 Å². The number of benzene rings is 2. The van der Waals surface area contributed by atoms with E-state index in [4.69, 9.17) is 5.11 Å². The maximum absolute atomic E-state index is 9.05. The molecule has 92 valence electrons. The molecule has 0 saturated heterocycles. The first-order valence-corrected chi connectivity index (χ1v) is 6.88. The van der Waals surface area contributed by atoms with E-state index >= 15 is 0 Å². The molecular formula is C15H15NOS. The molecule has 0 spiro atoms. The van der Waals surface area contributed by atoms with Gasteiger partial charge < -0.3 is 10.4 Å². The van der Waals surface area contributed by atoms with Crippen molar-refractivity contribution >= 4 is 23.1 Å². The third kappa shape index (κ3) is 2.00. The summed E-state index contributed by atoms with van der Waals surface area (Å²) in [6.07, 6.45) is 0.719. The molecule has 0 aromatic heterocycles. The first kappa shape index (κ1) is 11.6. The van der Waals surface area contributed by atoms with Gasteiger partial charge in [-0.3, -0.25) is 0 Å². The fourth-order valence-electron chi connectivity index (χ4n) is 2.25. The van der Waals surface area contributed by atoms with E-state index < -0.39 is 0 Å². The molecule has 0 saturated carbocycles. The predicted molar refractivity (Wildman–Crippen MR) is 75.8 cm³/mol. The Morgan fingerprint density at radius 3 is 2.83 bits per heavy atom. The second kappa shape index (κ2) is 4.67. The summed E-state index contributed by atoms with van der Waals surface area (Å²) in [6, 6.07) is 12.7. The summed E-state index contributed by atoms with van der Waals surface area (Å²) in [5.41, 5.74) is 4.80. The summed E-state index contributed by atoms with van der Waals surface area (Å²) in [4.78, 5) is 2.50. The van der Waals surface area contributed by atoms with Crippen molar-refractivity contribution in [3.63, 3.8) is 0 Å². The lowest BCUT2D eigenvalue weighted by Crippen LogP contribution is -2.03. The maximum Gasteiger partial charge on any atom is 0.0556 e. The van der Waals surface area contributed by atoms with Crippen LogP contribution in [0.25, 0.3) is 0 Å². The van der Waals surface area contributed by atoms with Gasteiger partial charge in [0.05, 0.1) is 11.4 Å². The Morgan fingerprint density at radius 1 is 1.17 bits per heavy atom. The van der Waals surface area contributed by atoms with Crippen molar-refractivity contribution in [3.8, 4) is 0 Å². The second-order valence-corrected chi connectivity index (χ2v) is 5.57. The highest BCUT2D eigenvalue weighted by molar-refractivity contribution is 7.99. The number of nitrogens with one attached hydrogen (secondary N) is 1. The summed E-state index contributed by atoms with van der Waals surface area (Å²) in [7, 11) is 0.